The monoisotopic (exact) mass is 239 g/mol. The van der Waals surface area contributed by atoms with Crippen molar-refractivity contribution in [1.29, 1.82) is 0 Å². The molecule has 3 rings (SSSR count). The van der Waals surface area contributed by atoms with Crippen LogP contribution in [0.25, 0.3) is 4.85 Å². The van der Waals surface area contributed by atoms with Gasteiger partial charge in [0.1, 0.15) is 0 Å². The third kappa shape index (κ3) is 2.05. The average molecular weight is 239 g/mol. The van der Waals surface area contributed by atoms with Crippen LogP contribution in [0.5, 0.6) is 0 Å². The molecule has 0 N–H and O–H groups in total. The Morgan fingerprint density at radius 1 is 1.00 bits per heavy atom. The molecule has 0 aliphatic heterocycles. The van der Waals surface area contributed by atoms with Gasteiger partial charge in [-0.05, 0) is 60.5 Å². The summed E-state index contributed by atoms with van der Waals surface area (Å²) < 4.78 is 0. The molecule has 0 spiro atoms. The highest BCUT2D eigenvalue weighted by molar-refractivity contribution is 5.61. The van der Waals surface area contributed by atoms with Crippen LogP contribution in [0.2, 0.25) is 0 Å². The quantitative estimate of drug-likeness (QED) is 0.631. The summed E-state index contributed by atoms with van der Waals surface area (Å²) in [5, 5.41) is 0. The number of rotatable bonds is 4. The molecule has 1 heteroatoms. The fraction of sp³-hybridized carbons (Fsp3) is 0.588. The Bertz CT molecular complexity index is 453. The maximum absolute atomic E-state index is 7.56. The molecule has 0 aromatic heterocycles. The van der Waals surface area contributed by atoms with Crippen molar-refractivity contribution in [3.63, 3.8) is 0 Å². The molecular formula is C17H21N. The zero-order chi connectivity index (χ0) is 12.7. The van der Waals surface area contributed by atoms with E-state index < -0.39 is 0 Å². The van der Waals surface area contributed by atoms with Gasteiger partial charge in [0, 0.05) is 0 Å². The molecule has 0 heterocycles. The van der Waals surface area contributed by atoms with Gasteiger partial charge >= 0.3 is 0 Å². The van der Waals surface area contributed by atoms with Crippen LogP contribution in [0.1, 0.15) is 62.5 Å². The van der Waals surface area contributed by atoms with E-state index in [1.165, 1.54) is 36.8 Å². The Balaban J connectivity index is 1.98. The van der Waals surface area contributed by atoms with Gasteiger partial charge in [0.05, 0.1) is 6.57 Å². The first-order valence-electron chi connectivity index (χ1n) is 7.22. The fourth-order valence-corrected chi connectivity index (χ4v) is 3.14. The van der Waals surface area contributed by atoms with E-state index in [9.17, 15) is 0 Å². The summed E-state index contributed by atoms with van der Waals surface area (Å²) in [6.07, 6.45) is 5.39. The molecular weight excluding hydrogens is 218 g/mol. The van der Waals surface area contributed by atoms with Gasteiger partial charge in [0.25, 0.3) is 0 Å². The number of para-hydroxylation sites is 1. The number of benzene rings is 1. The van der Waals surface area contributed by atoms with Crippen molar-refractivity contribution < 1.29 is 0 Å². The van der Waals surface area contributed by atoms with Gasteiger partial charge < -0.3 is 0 Å². The molecule has 0 radical (unpaired) electrons. The van der Waals surface area contributed by atoms with Crippen molar-refractivity contribution in [2.75, 3.05) is 0 Å². The molecule has 1 aromatic carbocycles. The van der Waals surface area contributed by atoms with Crippen LogP contribution in [-0.4, -0.2) is 0 Å². The molecule has 94 valence electrons. The van der Waals surface area contributed by atoms with Crippen LogP contribution in [0.15, 0.2) is 18.2 Å². The highest BCUT2D eigenvalue weighted by Crippen LogP contribution is 2.49. The van der Waals surface area contributed by atoms with Crippen LogP contribution in [0.4, 0.5) is 5.69 Å². The van der Waals surface area contributed by atoms with Crippen molar-refractivity contribution in [1.82, 2.24) is 0 Å². The molecule has 2 fully saturated rings. The van der Waals surface area contributed by atoms with E-state index >= 15 is 0 Å². The zero-order valence-electron chi connectivity index (χ0n) is 11.3. The second-order valence-corrected chi connectivity index (χ2v) is 6.15. The Hall–Kier alpha value is -1.29. The van der Waals surface area contributed by atoms with Crippen LogP contribution in [-0.2, 0) is 0 Å². The molecule has 2 atom stereocenters. The summed E-state index contributed by atoms with van der Waals surface area (Å²) in [7, 11) is 0. The van der Waals surface area contributed by atoms with Crippen LogP contribution < -0.4 is 0 Å². The zero-order valence-corrected chi connectivity index (χ0v) is 11.3. The van der Waals surface area contributed by atoms with E-state index in [1.54, 1.807) is 0 Å². The first kappa shape index (κ1) is 11.8. The third-order valence-electron chi connectivity index (χ3n) is 4.85. The Morgan fingerprint density at radius 3 is 1.78 bits per heavy atom. The van der Waals surface area contributed by atoms with Crippen LogP contribution in [0.3, 0.4) is 0 Å². The molecule has 1 aromatic rings. The van der Waals surface area contributed by atoms with Crippen molar-refractivity contribution in [3.8, 4) is 0 Å². The topological polar surface area (TPSA) is 4.36 Å². The summed E-state index contributed by atoms with van der Waals surface area (Å²) in [5.74, 6) is 2.80. The number of hydrogen-bond acceptors (Lipinski definition) is 0. The Morgan fingerprint density at radius 2 is 1.44 bits per heavy atom. The summed E-state index contributed by atoms with van der Waals surface area (Å²) in [6, 6.07) is 6.52. The van der Waals surface area contributed by atoms with Crippen molar-refractivity contribution in [3.05, 3.63) is 40.7 Å². The minimum Gasteiger partial charge on any atom is -0.238 e. The van der Waals surface area contributed by atoms with Gasteiger partial charge in [-0.25, -0.2) is 4.85 Å². The van der Waals surface area contributed by atoms with E-state index in [0.29, 0.717) is 11.8 Å². The third-order valence-corrected chi connectivity index (χ3v) is 4.85. The first-order valence-corrected chi connectivity index (χ1v) is 7.22. The van der Waals surface area contributed by atoms with Crippen LogP contribution >= 0.6 is 0 Å². The summed E-state index contributed by atoms with van der Waals surface area (Å²) in [4.78, 5) is 3.88. The lowest BCUT2D eigenvalue weighted by atomic mass is 9.87. The molecule has 0 unspecified atom stereocenters. The van der Waals surface area contributed by atoms with E-state index in [4.69, 9.17) is 6.57 Å². The van der Waals surface area contributed by atoms with Gasteiger partial charge in [-0.3, -0.25) is 0 Å². The average Bonchev–Trinajstić information content (AvgIpc) is 3.27. The molecule has 2 saturated carbocycles. The first-order chi connectivity index (χ1) is 8.72. The molecule has 0 saturated heterocycles. The maximum Gasteiger partial charge on any atom is 0.194 e. The van der Waals surface area contributed by atoms with Crippen molar-refractivity contribution in [2.24, 2.45) is 11.8 Å². The standard InChI is InChI=1S/C17H21N/c1-11(13-7-8-13)15-5-4-6-16(17(15)18-3)12(2)14-9-10-14/h4-6,11-14H,7-10H2,1-2H3/t11-,12-/m1/s1. The van der Waals surface area contributed by atoms with Gasteiger partial charge in [-0.1, -0.05) is 32.0 Å². The fourth-order valence-electron chi connectivity index (χ4n) is 3.14. The maximum atomic E-state index is 7.56. The summed E-state index contributed by atoms with van der Waals surface area (Å²) in [6.45, 7) is 12.2. The largest absolute Gasteiger partial charge is 0.238 e. The lowest BCUT2D eigenvalue weighted by Gasteiger charge is -2.19. The van der Waals surface area contributed by atoms with Crippen LogP contribution in [0, 0.1) is 18.4 Å². The Labute approximate surface area is 110 Å². The smallest absolute Gasteiger partial charge is 0.194 e. The van der Waals surface area contributed by atoms with Gasteiger partial charge in [-0.2, -0.15) is 0 Å². The highest BCUT2D eigenvalue weighted by atomic mass is 14.7. The van der Waals surface area contributed by atoms with E-state index in [1.807, 2.05) is 0 Å². The second-order valence-electron chi connectivity index (χ2n) is 6.15. The van der Waals surface area contributed by atoms with Crippen molar-refractivity contribution >= 4 is 5.69 Å². The molecule has 18 heavy (non-hydrogen) atoms. The van der Waals surface area contributed by atoms with Crippen molar-refractivity contribution in [2.45, 2.75) is 51.4 Å². The Kier molecular flexibility index (Phi) is 2.90. The second kappa shape index (κ2) is 4.43. The normalized spacial score (nSPS) is 22.3. The molecule has 2 aliphatic rings. The van der Waals surface area contributed by atoms with E-state index in [2.05, 4.69) is 36.9 Å². The van der Waals surface area contributed by atoms with Gasteiger partial charge in [-0.15, -0.1) is 0 Å². The lowest BCUT2D eigenvalue weighted by Crippen LogP contribution is -2.01. The molecule has 0 amide bonds. The summed E-state index contributed by atoms with van der Waals surface area (Å²) >= 11 is 0. The van der Waals surface area contributed by atoms with E-state index in [0.717, 1.165) is 17.5 Å². The SMILES string of the molecule is [C-]#[N+]c1c([C@H](C)C2CC2)cccc1[C@H](C)C1CC1. The van der Waals surface area contributed by atoms with Gasteiger partial charge in [0.15, 0.2) is 5.69 Å². The van der Waals surface area contributed by atoms with E-state index in [-0.39, 0.29) is 0 Å². The molecule has 1 nitrogen and oxygen atoms in total. The molecule has 0 bridgehead atoms. The summed E-state index contributed by atoms with van der Waals surface area (Å²) in [5.41, 5.74) is 3.58. The minimum atomic E-state index is 0.570. The minimum absolute atomic E-state index is 0.570. The molecule has 2 aliphatic carbocycles. The number of nitrogens with zero attached hydrogens (tertiary/aromatic N) is 1. The number of hydrogen-bond donors (Lipinski definition) is 0. The van der Waals surface area contributed by atoms with Gasteiger partial charge in [0.2, 0.25) is 0 Å². The highest BCUT2D eigenvalue weighted by Gasteiger charge is 2.33. The lowest BCUT2D eigenvalue weighted by molar-refractivity contribution is 0.649. The predicted molar refractivity (Wildman–Crippen MR) is 75.0 cm³/mol. The predicted octanol–water partition coefficient (Wildman–Crippen LogP) is 5.26.